The molecule has 0 radical (unpaired) electrons. The van der Waals surface area contributed by atoms with Crippen LogP contribution in [-0.2, 0) is 11.1 Å². The van der Waals surface area contributed by atoms with E-state index in [-0.39, 0.29) is 5.88 Å². The molecule has 0 amide bonds. The molecule has 0 aromatic heterocycles. The summed E-state index contributed by atoms with van der Waals surface area (Å²) in [6.45, 7) is 2.60. The molecular formula is C4H10ClNO2S. The highest BCUT2D eigenvalue weighted by molar-refractivity contribution is 7.79. The van der Waals surface area contributed by atoms with Crippen molar-refractivity contribution in [1.82, 2.24) is 4.42 Å². The first-order chi connectivity index (χ1) is 4.16. The monoisotopic (exact) mass is 171 g/mol. The van der Waals surface area contributed by atoms with Crippen molar-refractivity contribution >= 4 is 22.9 Å². The van der Waals surface area contributed by atoms with Gasteiger partial charge in [-0.05, 0) is 18.2 Å². The normalized spacial score (nSPS) is 14.2. The topological polar surface area (TPSA) is 40.5 Å². The number of rotatable bonds is 4. The van der Waals surface area contributed by atoms with Gasteiger partial charge in [-0.1, -0.05) is 6.92 Å². The quantitative estimate of drug-likeness (QED) is 0.508. The Morgan fingerprint density at radius 1 is 1.78 bits per heavy atom. The van der Waals surface area contributed by atoms with Gasteiger partial charge in [-0.3, -0.25) is 0 Å². The van der Waals surface area contributed by atoms with Crippen molar-refractivity contribution in [2.45, 2.75) is 13.3 Å². The van der Waals surface area contributed by atoms with Gasteiger partial charge in [0.15, 0.2) is 11.1 Å². The van der Waals surface area contributed by atoms with Crippen molar-refractivity contribution in [3.8, 4) is 0 Å². The van der Waals surface area contributed by atoms with E-state index in [1.807, 2.05) is 6.92 Å². The Labute approximate surface area is 62.4 Å². The standard InChI is InChI=1S/C4H10ClNO2S/c1-2-3-6(5)4-9(7)8/h2-4H2,1H3,(H,7,8). The molecule has 5 heteroatoms. The number of hydrogen-bond acceptors (Lipinski definition) is 2. The average molecular weight is 172 g/mol. The summed E-state index contributed by atoms with van der Waals surface area (Å²) < 4.78 is 19.7. The molecule has 0 aliphatic rings. The third-order valence-electron chi connectivity index (χ3n) is 0.717. The molecule has 0 spiro atoms. The van der Waals surface area contributed by atoms with E-state index in [2.05, 4.69) is 0 Å². The summed E-state index contributed by atoms with van der Waals surface area (Å²) in [5.74, 6) is 0.0232. The van der Waals surface area contributed by atoms with Gasteiger partial charge in [0.1, 0.15) is 5.88 Å². The molecule has 1 atom stereocenters. The molecule has 3 nitrogen and oxygen atoms in total. The van der Waals surface area contributed by atoms with E-state index in [4.69, 9.17) is 16.3 Å². The molecule has 0 aliphatic carbocycles. The Morgan fingerprint density at radius 3 is 2.67 bits per heavy atom. The Bertz CT molecular complexity index is 101. The Balaban J connectivity index is 3.26. The summed E-state index contributed by atoms with van der Waals surface area (Å²) in [4.78, 5) is 0. The first-order valence-electron chi connectivity index (χ1n) is 2.65. The Morgan fingerprint density at radius 2 is 2.33 bits per heavy atom. The zero-order chi connectivity index (χ0) is 7.28. The van der Waals surface area contributed by atoms with Crippen molar-refractivity contribution in [3.05, 3.63) is 0 Å². The van der Waals surface area contributed by atoms with Gasteiger partial charge in [0.2, 0.25) is 0 Å². The van der Waals surface area contributed by atoms with Crippen molar-refractivity contribution in [2.75, 3.05) is 12.4 Å². The van der Waals surface area contributed by atoms with Crippen molar-refractivity contribution in [3.63, 3.8) is 0 Å². The van der Waals surface area contributed by atoms with Gasteiger partial charge in [0.05, 0.1) is 0 Å². The molecule has 56 valence electrons. The van der Waals surface area contributed by atoms with Crippen LogP contribution in [0, 0.1) is 0 Å². The van der Waals surface area contributed by atoms with E-state index >= 15 is 0 Å². The minimum atomic E-state index is -1.80. The van der Waals surface area contributed by atoms with E-state index in [0.29, 0.717) is 6.54 Å². The zero-order valence-corrected chi connectivity index (χ0v) is 6.78. The van der Waals surface area contributed by atoms with Crippen LogP contribution in [0.2, 0.25) is 0 Å². The molecule has 1 unspecified atom stereocenters. The molecule has 0 rings (SSSR count). The molecule has 0 fully saturated rings. The summed E-state index contributed by atoms with van der Waals surface area (Å²) >= 11 is 3.65. The van der Waals surface area contributed by atoms with E-state index in [1.54, 1.807) is 0 Å². The fourth-order valence-corrected chi connectivity index (χ4v) is 1.22. The molecule has 0 aromatic carbocycles. The lowest BCUT2D eigenvalue weighted by Crippen LogP contribution is -2.17. The molecule has 1 N–H and O–H groups in total. The predicted molar refractivity (Wildman–Crippen MR) is 38.5 cm³/mol. The van der Waals surface area contributed by atoms with Crippen molar-refractivity contribution in [2.24, 2.45) is 0 Å². The van der Waals surface area contributed by atoms with Crippen LogP contribution in [0.4, 0.5) is 0 Å². The smallest absolute Gasteiger partial charge is 0.168 e. The summed E-state index contributed by atoms with van der Waals surface area (Å²) in [5.41, 5.74) is 0. The van der Waals surface area contributed by atoms with Gasteiger partial charge in [0.25, 0.3) is 0 Å². The van der Waals surface area contributed by atoms with E-state index in [1.165, 1.54) is 4.42 Å². The molecule has 0 aromatic rings. The van der Waals surface area contributed by atoms with Gasteiger partial charge < -0.3 is 4.55 Å². The van der Waals surface area contributed by atoms with Crippen LogP contribution >= 0.6 is 11.8 Å². The lowest BCUT2D eigenvalue weighted by Gasteiger charge is -2.07. The summed E-state index contributed by atoms with van der Waals surface area (Å²) in [7, 11) is 0. The van der Waals surface area contributed by atoms with E-state index in [9.17, 15) is 4.21 Å². The highest BCUT2D eigenvalue weighted by Gasteiger charge is 2.00. The largest absolute Gasteiger partial charge is 0.305 e. The van der Waals surface area contributed by atoms with Gasteiger partial charge in [-0.15, -0.1) is 0 Å². The fourth-order valence-electron chi connectivity index (χ4n) is 0.427. The first-order valence-corrected chi connectivity index (χ1v) is 4.26. The SMILES string of the molecule is CCCN(Cl)CS(=O)O. The fraction of sp³-hybridized carbons (Fsp3) is 1.00. The van der Waals surface area contributed by atoms with Crippen LogP contribution in [-0.4, -0.2) is 25.6 Å². The minimum Gasteiger partial charge on any atom is -0.305 e. The molecule has 0 aliphatic heterocycles. The molecule has 0 bridgehead atoms. The van der Waals surface area contributed by atoms with Crippen LogP contribution in [0.3, 0.4) is 0 Å². The molecular weight excluding hydrogens is 162 g/mol. The lowest BCUT2D eigenvalue weighted by molar-refractivity contribution is 0.485. The zero-order valence-electron chi connectivity index (χ0n) is 5.21. The predicted octanol–water partition coefficient (Wildman–Crippen LogP) is 1.03. The third-order valence-corrected chi connectivity index (χ3v) is 1.68. The molecule has 0 saturated heterocycles. The van der Waals surface area contributed by atoms with Gasteiger partial charge in [-0.25, -0.2) is 8.63 Å². The van der Waals surface area contributed by atoms with Gasteiger partial charge >= 0.3 is 0 Å². The van der Waals surface area contributed by atoms with Crippen molar-refractivity contribution in [1.29, 1.82) is 0 Å². The highest BCUT2D eigenvalue weighted by Crippen LogP contribution is 1.95. The average Bonchev–Trinajstić information content (AvgIpc) is 1.63. The van der Waals surface area contributed by atoms with Gasteiger partial charge in [0, 0.05) is 6.54 Å². The Kier molecular flexibility index (Phi) is 5.38. The number of nitrogens with zero attached hydrogens (tertiary/aromatic N) is 1. The van der Waals surface area contributed by atoms with E-state index in [0.717, 1.165) is 6.42 Å². The van der Waals surface area contributed by atoms with Crippen LogP contribution in [0.1, 0.15) is 13.3 Å². The summed E-state index contributed by atoms with van der Waals surface area (Å²) in [6, 6.07) is 0. The molecule has 0 saturated carbocycles. The van der Waals surface area contributed by atoms with Crippen LogP contribution in [0.15, 0.2) is 0 Å². The Hall–Kier alpha value is 0.360. The number of halogens is 1. The van der Waals surface area contributed by atoms with Crippen LogP contribution in [0.25, 0.3) is 0 Å². The molecule has 9 heavy (non-hydrogen) atoms. The minimum absolute atomic E-state index is 0.0232. The highest BCUT2D eigenvalue weighted by atomic mass is 35.5. The second-order valence-corrected chi connectivity index (χ2v) is 3.02. The first kappa shape index (κ1) is 9.36. The van der Waals surface area contributed by atoms with Crippen LogP contribution < -0.4 is 0 Å². The second kappa shape index (κ2) is 5.17. The van der Waals surface area contributed by atoms with Gasteiger partial charge in [-0.2, -0.15) is 0 Å². The number of hydrogen-bond donors (Lipinski definition) is 1. The maximum atomic E-state index is 10.1. The maximum Gasteiger partial charge on any atom is 0.168 e. The second-order valence-electron chi connectivity index (χ2n) is 1.64. The summed E-state index contributed by atoms with van der Waals surface area (Å²) in [5, 5.41) is 0. The van der Waals surface area contributed by atoms with E-state index < -0.39 is 11.1 Å². The van der Waals surface area contributed by atoms with Crippen LogP contribution in [0.5, 0.6) is 0 Å². The third kappa shape index (κ3) is 6.24. The molecule has 0 heterocycles. The maximum absolute atomic E-state index is 10.1. The summed E-state index contributed by atoms with van der Waals surface area (Å²) in [6.07, 6.45) is 0.890. The lowest BCUT2D eigenvalue weighted by atomic mass is 10.5. The van der Waals surface area contributed by atoms with Crippen molar-refractivity contribution < 1.29 is 8.76 Å².